The second kappa shape index (κ2) is 8.63. The molecule has 9 heteroatoms. The van der Waals surface area contributed by atoms with Crippen molar-refractivity contribution in [1.82, 2.24) is 9.97 Å². The summed E-state index contributed by atoms with van der Waals surface area (Å²) in [5.41, 5.74) is 11.0. The smallest absolute Gasteiger partial charge is 0.405 e. The van der Waals surface area contributed by atoms with Gasteiger partial charge in [0.2, 0.25) is 5.95 Å². The first-order chi connectivity index (χ1) is 12.7. The van der Waals surface area contributed by atoms with E-state index in [1.807, 2.05) is 0 Å². The van der Waals surface area contributed by atoms with Gasteiger partial charge in [-0.1, -0.05) is 24.4 Å². The zero-order valence-corrected chi connectivity index (χ0v) is 15.2. The van der Waals surface area contributed by atoms with Crippen LogP contribution in [0.4, 0.5) is 30.6 Å². The molecule has 0 radical (unpaired) electrons. The lowest BCUT2D eigenvalue weighted by Gasteiger charge is -2.15. The van der Waals surface area contributed by atoms with E-state index in [-0.39, 0.29) is 16.5 Å². The molecule has 0 atom stereocenters. The Morgan fingerprint density at radius 2 is 2.00 bits per heavy atom. The molecule has 5 nitrogen and oxygen atoms in total. The lowest BCUT2D eigenvalue weighted by atomic mass is 10.2. The number of benzene rings is 1. The normalized spacial score (nSPS) is 12.4. The number of allylic oxidation sites excluding steroid dienone is 3. The quantitative estimate of drug-likeness (QED) is 0.484. The summed E-state index contributed by atoms with van der Waals surface area (Å²) in [6.07, 6.45) is 1.28. The topological polar surface area (TPSA) is 89.8 Å². The minimum Gasteiger partial charge on any atom is -0.405 e. The van der Waals surface area contributed by atoms with Crippen molar-refractivity contribution in [1.29, 1.82) is 0 Å². The molecule has 142 valence electrons. The third-order valence-corrected chi connectivity index (χ3v) is 4.28. The molecule has 5 N–H and O–H groups in total. The van der Waals surface area contributed by atoms with Crippen LogP contribution in [0.3, 0.4) is 0 Å². The van der Waals surface area contributed by atoms with Crippen LogP contribution in [0.5, 0.6) is 0 Å². The number of thioether (sulfide) groups is 1. The second-order valence-corrected chi connectivity index (χ2v) is 6.47. The molecular weight excluding hydrogens is 375 g/mol. The fourth-order valence-electron chi connectivity index (χ4n) is 2.18. The van der Waals surface area contributed by atoms with E-state index in [9.17, 15) is 13.2 Å². The number of nitrogen functional groups attached to an aromatic ring is 1. The third kappa shape index (κ3) is 5.78. The lowest BCUT2D eigenvalue weighted by Crippen LogP contribution is -2.08. The van der Waals surface area contributed by atoms with E-state index in [0.29, 0.717) is 16.4 Å². The fraction of sp³-hybridized carbons (Fsp3) is 0.111. The standard InChI is InChI=1S/C18H18F3N5S/c1-3-4-13(7-8-22)27-15-6-5-12(10-14(15)18(19,20)21)25-16-9-11(2)24-17(23)26-16/h3-10H,1,22H2,2H3,(H3,23,24,25,26)/b8-7-,13-4+. The minimum atomic E-state index is -4.54. The van der Waals surface area contributed by atoms with Crippen LogP contribution in [0, 0.1) is 6.92 Å². The molecule has 0 aliphatic heterocycles. The van der Waals surface area contributed by atoms with E-state index in [1.165, 1.54) is 30.5 Å². The molecule has 0 spiro atoms. The number of halogens is 3. The Morgan fingerprint density at radius 3 is 2.59 bits per heavy atom. The first-order valence-corrected chi connectivity index (χ1v) is 8.53. The summed E-state index contributed by atoms with van der Waals surface area (Å²) in [4.78, 5) is 8.46. The van der Waals surface area contributed by atoms with Gasteiger partial charge in [-0.3, -0.25) is 0 Å². The van der Waals surface area contributed by atoms with Crippen molar-refractivity contribution < 1.29 is 13.2 Å². The first kappa shape index (κ1) is 20.4. The Hall–Kier alpha value is -2.94. The van der Waals surface area contributed by atoms with Crippen LogP contribution in [-0.2, 0) is 6.18 Å². The molecule has 0 amide bonds. The first-order valence-electron chi connectivity index (χ1n) is 7.71. The number of nitrogens with one attached hydrogen (secondary N) is 1. The van der Waals surface area contributed by atoms with Crippen LogP contribution in [0.2, 0.25) is 0 Å². The van der Waals surface area contributed by atoms with Crippen molar-refractivity contribution >= 4 is 29.2 Å². The number of hydrogen-bond acceptors (Lipinski definition) is 6. The Bertz CT molecular complexity index is 871. The summed E-state index contributed by atoms with van der Waals surface area (Å²) >= 11 is 0.941. The molecule has 0 saturated heterocycles. The Kier molecular flexibility index (Phi) is 6.51. The second-order valence-electron chi connectivity index (χ2n) is 5.35. The van der Waals surface area contributed by atoms with Crippen LogP contribution < -0.4 is 16.8 Å². The molecule has 2 rings (SSSR count). The molecule has 0 bridgehead atoms. The summed E-state index contributed by atoms with van der Waals surface area (Å²) < 4.78 is 40.6. The highest BCUT2D eigenvalue weighted by Crippen LogP contribution is 2.41. The molecule has 0 aliphatic rings. The van der Waals surface area contributed by atoms with Gasteiger partial charge in [0, 0.05) is 27.2 Å². The number of anilines is 3. The zero-order valence-electron chi connectivity index (χ0n) is 14.4. The van der Waals surface area contributed by atoms with Gasteiger partial charge in [-0.2, -0.15) is 18.2 Å². The largest absolute Gasteiger partial charge is 0.417 e. The average Bonchev–Trinajstić information content (AvgIpc) is 2.55. The number of aromatic nitrogens is 2. The van der Waals surface area contributed by atoms with Gasteiger partial charge in [-0.15, -0.1) is 0 Å². The van der Waals surface area contributed by atoms with E-state index in [1.54, 1.807) is 19.1 Å². The molecule has 1 aromatic heterocycles. The number of alkyl halides is 3. The van der Waals surface area contributed by atoms with Crippen molar-refractivity contribution in [2.45, 2.75) is 18.0 Å². The number of nitrogens with two attached hydrogens (primary N) is 2. The van der Waals surface area contributed by atoms with E-state index in [4.69, 9.17) is 11.5 Å². The molecule has 0 aliphatic carbocycles. The maximum atomic E-state index is 13.5. The van der Waals surface area contributed by atoms with Crippen molar-refractivity contribution in [2.24, 2.45) is 5.73 Å². The maximum Gasteiger partial charge on any atom is 0.417 e. The predicted molar refractivity (Wildman–Crippen MR) is 103 cm³/mol. The van der Waals surface area contributed by atoms with Gasteiger partial charge in [0.15, 0.2) is 0 Å². The zero-order chi connectivity index (χ0) is 20.0. The van der Waals surface area contributed by atoms with Gasteiger partial charge in [0.25, 0.3) is 0 Å². The summed E-state index contributed by atoms with van der Waals surface area (Å²) in [5.74, 6) is 0.348. The van der Waals surface area contributed by atoms with E-state index in [2.05, 4.69) is 21.9 Å². The molecule has 0 fully saturated rings. The van der Waals surface area contributed by atoms with Crippen LogP contribution in [0.25, 0.3) is 0 Å². The van der Waals surface area contributed by atoms with Crippen LogP contribution in [0.1, 0.15) is 11.3 Å². The van der Waals surface area contributed by atoms with Crippen LogP contribution in [-0.4, -0.2) is 9.97 Å². The predicted octanol–water partition coefficient (Wildman–Crippen LogP) is 4.76. The third-order valence-electron chi connectivity index (χ3n) is 3.20. The van der Waals surface area contributed by atoms with E-state index < -0.39 is 11.7 Å². The van der Waals surface area contributed by atoms with Crippen molar-refractivity contribution in [3.8, 4) is 0 Å². The Labute approximate surface area is 159 Å². The Morgan fingerprint density at radius 1 is 1.26 bits per heavy atom. The van der Waals surface area contributed by atoms with Crippen molar-refractivity contribution in [3.05, 3.63) is 71.4 Å². The monoisotopic (exact) mass is 393 g/mol. The highest BCUT2D eigenvalue weighted by Gasteiger charge is 2.34. The molecule has 0 unspecified atom stereocenters. The van der Waals surface area contributed by atoms with Crippen molar-refractivity contribution in [2.75, 3.05) is 11.1 Å². The number of aryl methyl sites for hydroxylation is 1. The van der Waals surface area contributed by atoms with E-state index in [0.717, 1.165) is 17.8 Å². The summed E-state index contributed by atoms with van der Waals surface area (Å²) in [5, 5.41) is 2.82. The molecule has 0 saturated carbocycles. The fourth-order valence-corrected chi connectivity index (χ4v) is 3.17. The van der Waals surface area contributed by atoms with E-state index >= 15 is 0 Å². The number of hydrogen-bond donors (Lipinski definition) is 3. The van der Waals surface area contributed by atoms with Crippen LogP contribution >= 0.6 is 11.8 Å². The van der Waals surface area contributed by atoms with Gasteiger partial charge < -0.3 is 16.8 Å². The minimum absolute atomic E-state index is 0.0356. The lowest BCUT2D eigenvalue weighted by molar-refractivity contribution is -0.139. The molecule has 2 aromatic rings. The maximum absolute atomic E-state index is 13.5. The van der Waals surface area contributed by atoms with Gasteiger partial charge >= 0.3 is 6.18 Å². The molecular formula is C18H18F3N5S. The molecule has 1 heterocycles. The van der Waals surface area contributed by atoms with Gasteiger partial charge in [-0.05, 0) is 43.5 Å². The van der Waals surface area contributed by atoms with Crippen molar-refractivity contribution in [3.63, 3.8) is 0 Å². The SMILES string of the molecule is C=C/C=C(\C=C/N)Sc1ccc(Nc2cc(C)nc(N)n2)cc1C(F)(F)F. The Balaban J connectivity index is 2.40. The van der Waals surface area contributed by atoms with Crippen LogP contribution in [0.15, 0.2) is 65.1 Å². The number of nitrogens with zero attached hydrogens (tertiary/aromatic N) is 2. The van der Waals surface area contributed by atoms with Gasteiger partial charge in [0.1, 0.15) is 5.82 Å². The van der Waals surface area contributed by atoms with Gasteiger partial charge in [-0.25, -0.2) is 4.98 Å². The van der Waals surface area contributed by atoms with Gasteiger partial charge in [0.05, 0.1) is 5.56 Å². The highest BCUT2D eigenvalue weighted by molar-refractivity contribution is 8.03. The number of rotatable bonds is 6. The summed E-state index contributed by atoms with van der Waals surface area (Å²) in [6, 6.07) is 5.52. The average molecular weight is 393 g/mol. The molecule has 27 heavy (non-hydrogen) atoms. The molecule has 1 aromatic carbocycles. The summed E-state index contributed by atoms with van der Waals surface area (Å²) in [6.45, 7) is 5.26. The summed E-state index contributed by atoms with van der Waals surface area (Å²) in [7, 11) is 0. The highest BCUT2D eigenvalue weighted by atomic mass is 32.2.